The summed E-state index contributed by atoms with van der Waals surface area (Å²) in [6.07, 6.45) is 1.40. The highest BCUT2D eigenvalue weighted by Gasteiger charge is 2.34. The maximum Gasteiger partial charge on any atom is 0.294 e. The van der Waals surface area contributed by atoms with E-state index in [4.69, 9.17) is 4.74 Å². The number of aromatic nitrogens is 4. The van der Waals surface area contributed by atoms with Crippen LogP contribution in [0.1, 0.15) is 18.4 Å². The monoisotopic (exact) mass is 479 g/mol. The molecule has 1 fully saturated rings. The fourth-order valence-corrected chi connectivity index (χ4v) is 5.58. The van der Waals surface area contributed by atoms with Crippen LogP contribution in [0.5, 0.6) is 0 Å². The van der Waals surface area contributed by atoms with Gasteiger partial charge < -0.3 is 9.72 Å². The van der Waals surface area contributed by atoms with E-state index < -0.39 is 5.41 Å². The predicted molar refractivity (Wildman–Crippen MR) is 134 cm³/mol. The van der Waals surface area contributed by atoms with Crippen molar-refractivity contribution in [3.63, 3.8) is 0 Å². The number of nitriles is 1. The van der Waals surface area contributed by atoms with Crippen LogP contribution in [0.15, 0.2) is 87.4 Å². The first kappa shape index (κ1) is 21.6. The maximum atomic E-state index is 12.8. The van der Waals surface area contributed by atoms with Crippen LogP contribution in [0.2, 0.25) is 0 Å². The molecule has 0 saturated carbocycles. The molecule has 0 bridgehead atoms. The van der Waals surface area contributed by atoms with Gasteiger partial charge in [0.05, 0.1) is 22.5 Å². The molecule has 1 saturated heterocycles. The average Bonchev–Trinajstić information content (AvgIpc) is 3.36. The van der Waals surface area contributed by atoms with Crippen LogP contribution in [0, 0.1) is 11.3 Å². The van der Waals surface area contributed by atoms with Gasteiger partial charge in [-0.15, -0.1) is 10.2 Å². The van der Waals surface area contributed by atoms with Crippen molar-refractivity contribution in [2.75, 3.05) is 13.2 Å². The fraction of sp³-hybridized carbons (Fsp3) is 0.185. The summed E-state index contributed by atoms with van der Waals surface area (Å²) in [5.74, 6) is 0.628. The fourth-order valence-electron chi connectivity index (χ4n) is 4.66. The van der Waals surface area contributed by atoms with Gasteiger partial charge in [-0.2, -0.15) is 5.26 Å². The van der Waals surface area contributed by atoms with E-state index in [0.717, 1.165) is 26.4 Å². The van der Waals surface area contributed by atoms with Crippen molar-refractivity contribution in [3.8, 4) is 17.5 Å². The molecule has 7 nitrogen and oxygen atoms in total. The van der Waals surface area contributed by atoms with Crippen molar-refractivity contribution in [2.45, 2.75) is 28.0 Å². The summed E-state index contributed by atoms with van der Waals surface area (Å²) >= 11 is 1.60. The third kappa shape index (κ3) is 3.79. The van der Waals surface area contributed by atoms with Crippen LogP contribution >= 0.6 is 11.8 Å². The molecule has 0 radical (unpaired) electrons. The van der Waals surface area contributed by atoms with Crippen LogP contribution in [0.4, 0.5) is 0 Å². The van der Waals surface area contributed by atoms with Crippen molar-refractivity contribution < 1.29 is 4.74 Å². The Labute approximate surface area is 205 Å². The minimum Gasteiger partial charge on any atom is -0.381 e. The minimum atomic E-state index is -0.503. The highest BCUT2D eigenvalue weighted by atomic mass is 32.2. The summed E-state index contributed by atoms with van der Waals surface area (Å²) < 4.78 is 7.30. The quantitative estimate of drug-likeness (QED) is 0.391. The van der Waals surface area contributed by atoms with E-state index in [9.17, 15) is 10.1 Å². The Morgan fingerprint density at radius 2 is 1.77 bits per heavy atom. The zero-order valence-electron chi connectivity index (χ0n) is 18.8. The van der Waals surface area contributed by atoms with Crippen molar-refractivity contribution in [1.29, 1.82) is 5.26 Å². The Morgan fingerprint density at radius 1 is 0.971 bits per heavy atom. The van der Waals surface area contributed by atoms with Gasteiger partial charge >= 0.3 is 0 Å². The van der Waals surface area contributed by atoms with Gasteiger partial charge in [0.25, 0.3) is 5.56 Å². The number of benzene rings is 3. The summed E-state index contributed by atoms with van der Waals surface area (Å²) in [7, 11) is 0. The molecule has 0 aliphatic carbocycles. The average molecular weight is 480 g/mol. The molecule has 2 aromatic heterocycles. The molecule has 5 aromatic rings. The van der Waals surface area contributed by atoms with Crippen molar-refractivity contribution in [1.82, 2.24) is 19.6 Å². The molecule has 1 N–H and O–H groups in total. The second kappa shape index (κ2) is 8.69. The number of nitrogens with one attached hydrogen (secondary N) is 1. The van der Waals surface area contributed by atoms with Crippen LogP contribution < -0.4 is 5.56 Å². The lowest BCUT2D eigenvalue weighted by Gasteiger charge is -2.31. The van der Waals surface area contributed by atoms with Crippen LogP contribution in [-0.4, -0.2) is 32.8 Å². The molecule has 6 rings (SSSR count). The van der Waals surface area contributed by atoms with Crippen molar-refractivity contribution >= 4 is 28.4 Å². The van der Waals surface area contributed by atoms with Crippen molar-refractivity contribution in [3.05, 3.63) is 88.7 Å². The van der Waals surface area contributed by atoms with Crippen LogP contribution in [-0.2, 0) is 10.2 Å². The third-order valence-electron chi connectivity index (χ3n) is 6.54. The third-order valence-corrected chi connectivity index (χ3v) is 7.52. The molecular formula is C27H21N5O2S. The first-order chi connectivity index (χ1) is 17.2. The lowest BCUT2D eigenvalue weighted by molar-refractivity contribution is 0.0675. The number of nitrogens with zero attached hydrogens (tertiary/aromatic N) is 4. The number of hydrogen-bond donors (Lipinski definition) is 1. The zero-order chi connectivity index (χ0) is 23.8. The van der Waals surface area contributed by atoms with Crippen LogP contribution in [0.3, 0.4) is 0 Å². The van der Waals surface area contributed by atoms with Crippen LogP contribution in [0.25, 0.3) is 28.1 Å². The number of aromatic amines is 1. The molecule has 0 amide bonds. The lowest BCUT2D eigenvalue weighted by Crippen LogP contribution is -2.32. The summed E-state index contributed by atoms with van der Waals surface area (Å²) in [5, 5.41) is 18.4. The lowest BCUT2D eigenvalue weighted by atomic mass is 9.75. The van der Waals surface area contributed by atoms with E-state index >= 15 is 0 Å². The number of ether oxygens (including phenoxy) is 1. The molecule has 3 heterocycles. The number of rotatable bonds is 4. The van der Waals surface area contributed by atoms with Gasteiger partial charge in [0, 0.05) is 28.6 Å². The Hall–Kier alpha value is -3.93. The van der Waals surface area contributed by atoms with Gasteiger partial charge in [-0.1, -0.05) is 54.2 Å². The van der Waals surface area contributed by atoms with E-state index in [1.54, 1.807) is 16.2 Å². The molecule has 0 atom stereocenters. The molecule has 0 unspecified atom stereocenters. The number of fused-ring (bicyclic) bond motifs is 3. The first-order valence-corrected chi connectivity index (χ1v) is 12.2. The van der Waals surface area contributed by atoms with E-state index in [2.05, 4.69) is 27.3 Å². The molecule has 3 aromatic carbocycles. The normalized spacial score (nSPS) is 15.3. The van der Waals surface area contributed by atoms with Gasteiger partial charge in [0.15, 0.2) is 5.82 Å². The highest BCUT2D eigenvalue weighted by molar-refractivity contribution is 7.99. The topological polar surface area (TPSA) is 96.1 Å². The molecule has 8 heteroatoms. The molecule has 1 aliphatic heterocycles. The Balaban J connectivity index is 1.39. The second-order valence-electron chi connectivity index (χ2n) is 8.62. The minimum absolute atomic E-state index is 0.266. The second-order valence-corrected chi connectivity index (χ2v) is 9.76. The van der Waals surface area contributed by atoms with Gasteiger partial charge in [0.1, 0.15) is 0 Å². The summed E-state index contributed by atoms with van der Waals surface area (Å²) in [6, 6.07) is 26.4. The molecule has 35 heavy (non-hydrogen) atoms. The van der Waals surface area contributed by atoms with Gasteiger partial charge in [-0.3, -0.25) is 9.20 Å². The number of H-pyrrole nitrogens is 1. The number of hydrogen-bond acceptors (Lipinski definition) is 6. The highest BCUT2D eigenvalue weighted by Crippen LogP contribution is 2.37. The first-order valence-electron chi connectivity index (χ1n) is 11.4. The van der Waals surface area contributed by atoms with E-state index in [1.807, 2.05) is 66.7 Å². The molecular weight excluding hydrogens is 458 g/mol. The largest absolute Gasteiger partial charge is 0.381 e. The van der Waals surface area contributed by atoms with Gasteiger partial charge in [-0.05, 0) is 48.7 Å². The molecule has 1 aliphatic rings. The van der Waals surface area contributed by atoms with E-state index in [0.29, 0.717) is 37.4 Å². The maximum absolute atomic E-state index is 12.8. The standard InChI is InChI=1S/C27H21N5O2S/c28-17-27(11-13-34-14-12-27)19-7-4-8-20(15-19)35-21-9-10-23-22(16-21)29-26(33)25-31-30-24(32(23)25)18-5-2-1-3-6-18/h1-10,15-16H,11-14H2,(H,29,33). The Morgan fingerprint density at radius 3 is 2.57 bits per heavy atom. The van der Waals surface area contributed by atoms with E-state index in [-0.39, 0.29) is 11.2 Å². The zero-order valence-corrected chi connectivity index (χ0v) is 19.6. The summed E-state index contributed by atoms with van der Waals surface area (Å²) in [4.78, 5) is 17.7. The summed E-state index contributed by atoms with van der Waals surface area (Å²) in [6.45, 7) is 1.21. The molecule has 0 spiro atoms. The molecule has 172 valence electrons. The SMILES string of the molecule is N#CC1(c2cccc(Sc3ccc4c(c3)[nH]c(=O)c3nnc(-c5ccccc5)n34)c2)CCOCC1. The van der Waals surface area contributed by atoms with Crippen molar-refractivity contribution in [2.24, 2.45) is 0 Å². The predicted octanol–water partition coefficient (Wildman–Crippen LogP) is 4.96. The van der Waals surface area contributed by atoms with E-state index in [1.165, 1.54) is 0 Å². The smallest absolute Gasteiger partial charge is 0.294 e. The summed E-state index contributed by atoms with van der Waals surface area (Å²) in [5.41, 5.74) is 2.93. The Kier molecular flexibility index (Phi) is 5.36. The van der Waals surface area contributed by atoms with Gasteiger partial charge in [-0.25, -0.2) is 0 Å². The van der Waals surface area contributed by atoms with Gasteiger partial charge in [0.2, 0.25) is 5.65 Å². The Bertz CT molecular complexity index is 1650.